The number of aliphatic hydroxyl groups excluding tert-OH is 2. The Bertz CT molecular complexity index is 1190. The minimum absolute atomic E-state index is 0.104. The molecule has 0 aromatic carbocycles. The maximum Gasteiger partial charge on any atom is 0.0753 e. The molecule has 2 unspecified atom stereocenters. The third-order valence-corrected chi connectivity index (χ3v) is 8.68. The Hall–Kier alpha value is -2.94. The van der Waals surface area contributed by atoms with Crippen LogP contribution in [-0.2, 0) is 0 Å². The SMILES string of the molecule is CC1=C(/C=C/C(C)=C/C=C/C(C)=C/C=C/C=C(C)/C=C/C=C(C)/C=C/C2=C(C)C(O)CCC2(C)C)C(C)(C)CCC1O. The monoisotopic (exact) mass is 568 g/mol. The van der Waals surface area contributed by atoms with Gasteiger partial charge in [0.1, 0.15) is 0 Å². The highest BCUT2D eigenvalue weighted by Crippen LogP contribution is 2.42. The predicted molar refractivity (Wildman–Crippen MR) is 184 cm³/mol. The first-order valence-corrected chi connectivity index (χ1v) is 15.5. The summed E-state index contributed by atoms with van der Waals surface area (Å²) in [6.45, 7) is 21.6. The Morgan fingerprint density at radius 3 is 1.21 bits per heavy atom. The van der Waals surface area contributed by atoms with Crippen molar-refractivity contribution in [3.8, 4) is 0 Å². The lowest BCUT2D eigenvalue weighted by Gasteiger charge is -2.35. The molecule has 2 atom stereocenters. The predicted octanol–water partition coefficient (Wildman–Crippen LogP) is 10.5. The van der Waals surface area contributed by atoms with Gasteiger partial charge >= 0.3 is 0 Å². The summed E-state index contributed by atoms with van der Waals surface area (Å²) in [5.41, 5.74) is 9.65. The van der Waals surface area contributed by atoms with E-state index in [1.807, 2.05) is 0 Å². The van der Waals surface area contributed by atoms with Crippen molar-refractivity contribution in [2.75, 3.05) is 0 Å². The molecule has 0 amide bonds. The van der Waals surface area contributed by atoms with Crippen LogP contribution >= 0.6 is 0 Å². The zero-order valence-electron chi connectivity index (χ0n) is 28.0. The molecule has 0 aromatic heterocycles. The van der Waals surface area contributed by atoms with Crippen molar-refractivity contribution in [2.24, 2.45) is 10.8 Å². The number of hydrogen-bond donors (Lipinski definition) is 2. The summed E-state index contributed by atoms with van der Waals surface area (Å²) >= 11 is 0. The summed E-state index contributed by atoms with van der Waals surface area (Å²) in [7, 11) is 0. The first kappa shape index (κ1) is 35.3. The van der Waals surface area contributed by atoms with Crippen molar-refractivity contribution in [1.29, 1.82) is 0 Å². The van der Waals surface area contributed by atoms with E-state index in [9.17, 15) is 10.2 Å². The van der Waals surface area contributed by atoms with Crippen LogP contribution in [0.1, 0.15) is 94.9 Å². The fourth-order valence-corrected chi connectivity index (χ4v) is 5.61. The van der Waals surface area contributed by atoms with E-state index in [4.69, 9.17) is 0 Å². The smallest absolute Gasteiger partial charge is 0.0753 e. The van der Waals surface area contributed by atoms with Crippen LogP contribution in [0.2, 0.25) is 0 Å². The number of allylic oxidation sites excluding steroid dienone is 20. The second kappa shape index (κ2) is 16.1. The normalized spacial score (nSPS) is 25.0. The summed E-state index contributed by atoms with van der Waals surface area (Å²) in [4.78, 5) is 0. The van der Waals surface area contributed by atoms with E-state index in [2.05, 4.69) is 154 Å². The Kier molecular flexibility index (Phi) is 13.5. The van der Waals surface area contributed by atoms with Gasteiger partial charge in [-0.15, -0.1) is 0 Å². The molecule has 0 spiro atoms. The Morgan fingerprint density at radius 1 is 0.548 bits per heavy atom. The number of rotatable bonds is 10. The van der Waals surface area contributed by atoms with E-state index in [0.29, 0.717) is 0 Å². The van der Waals surface area contributed by atoms with E-state index in [1.165, 1.54) is 33.4 Å². The van der Waals surface area contributed by atoms with E-state index in [-0.39, 0.29) is 23.0 Å². The Labute approximate surface area is 257 Å². The lowest BCUT2D eigenvalue weighted by molar-refractivity contribution is 0.163. The molecular formula is C40H56O2. The highest BCUT2D eigenvalue weighted by Gasteiger charge is 2.31. The van der Waals surface area contributed by atoms with Crippen LogP contribution in [0.4, 0.5) is 0 Å². The van der Waals surface area contributed by atoms with Gasteiger partial charge in [-0.05, 0) is 100 Å². The summed E-state index contributed by atoms with van der Waals surface area (Å²) in [6.07, 6.45) is 32.8. The van der Waals surface area contributed by atoms with Crippen molar-refractivity contribution in [1.82, 2.24) is 0 Å². The topological polar surface area (TPSA) is 40.5 Å². The summed E-state index contributed by atoms with van der Waals surface area (Å²) in [5, 5.41) is 20.5. The maximum atomic E-state index is 10.3. The molecule has 0 bridgehead atoms. The molecule has 2 nitrogen and oxygen atoms in total. The van der Waals surface area contributed by atoms with Gasteiger partial charge in [0.2, 0.25) is 0 Å². The van der Waals surface area contributed by atoms with Crippen LogP contribution in [0, 0.1) is 10.8 Å². The maximum absolute atomic E-state index is 10.3. The van der Waals surface area contributed by atoms with Crippen LogP contribution in [-0.4, -0.2) is 22.4 Å². The molecular weight excluding hydrogens is 512 g/mol. The van der Waals surface area contributed by atoms with E-state index in [1.54, 1.807) is 0 Å². The fraction of sp³-hybridized carbons (Fsp3) is 0.450. The van der Waals surface area contributed by atoms with Crippen LogP contribution in [0.5, 0.6) is 0 Å². The molecule has 0 aromatic rings. The molecule has 42 heavy (non-hydrogen) atoms. The van der Waals surface area contributed by atoms with Crippen LogP contribution in [0.25, 0.3) is 0 Å². The van der Waals surface area contributed by atoms with Gasteiger partial charge in [-0.1, -0.05) is 135 Å². The van der Waals surface area contributed by atoms with Gasteiger partial charge < -0.3 is 10.2 Å². The standard InChI is InChI=1S/C40H56O2/c1-29(17-13-19-31(3)21-23-35-33(5)37(41)25-27-39(35,7)8)15-11-12-16-30(2)18-14-20-32(4)22-24-36-34(6)38(42)26-28-40(36,9)10/h11-24,37-38,41-42H,25-28H2,1-10H3/b12-11+,17-13+,18-14+,23-21+,24-22+,29-15+,30-16+,31-19+,32-20+. The van der Waals surface area contributed by atoms with Gasteiger partial charge in [-0.2, -0.15) is 0 Å². The van der Waals surface area contributed by atoms with Gasteiger partial charge in [-0.3, -0.25) is 0 Å². The Balaban J connectivity index is 1.92. The fourth-order valence-electron chi connectivity index (χ4n) is 5.61. The van der Waals surface area contributed by atoms with Gasteiger partial charge in [0.15, 0.2) is 0 Å². The summed E-state index contributed by atoms with van der Waals surface area (Å²) in [6, 6.07) is 0. The first-order valence-electron chi connectivity index (χ1n) is 15.5. The molecule has 2 N–H and O–H groups in total. The van der Waals surface area contributed by atoms with Crippen molar-refractivity contribution in [2.45, 2.75) is 107 Å². The van der Waals surface area contributed by atoms with Crippen molar-refractivity contribution in [3.63, 3.8) is 0 Å². The van der Waals surface area contributed by atoms with Crippen LogP contribution in [0.3, 0.4) is 0 Å². The second-order valence-corrected chi connectivity index (χ2v) is 13.5. The quantitative estimate of drug-likeness (QED) is 0.257. The average molecular weight is 569 g/mol. The lowest BCUT2D eigenvalue weighted by atomic mass is 9.71. The van der Waals surface area contributed by atoms with Crippen molar-refractivity contribution in [3.05, 3.63) is 130 Å². The minimum Gasteiger partial charge on any atom is -0.389 e. The van der Waals surface area contributed by atoms with Crippen LogP contribution in [0.15, 0.2) is 130 Å². The van der Waals surface area contributed by atoms with Crippen LogP contribution < -0.4 is 0 Å². The number of aliphatic hydroxyl groups is 2. The van der Waals surface area contributed by atoms with Gasteiger partial charge in [-0.25, -0.2) is 0 Å². The molecule has 2 rings (SSSR count). The molecule has 0 saturated heterocycles. The molecule has 0 fully saturated rings. The molecule has 2 aliphatic carbocycles. The van der Waals surface area contributed by atoms with Gasteiger partial charge in [0.05, 0.1) is 12.2 Å². The highest BCUT2D eigenvalue weighted by atomic mass is 16.3. The molecule has 0 radical (unpaired) electrons. The molecule has 228 valence electrons. The van der Waals surface area contributed by atoms with E-state index in [0.717, 1.165) is 36.8 Å². The third kappa shape index (κ3) is 11.0. The van der Waals surface area contributed by atoms with Crippen molar-refractivity contribution >= 4 is 0 Å². The van der Waals surface area contributed by atoms with Gasteiger partial charge in [0, 0.05) is 0 Å². The molecule has 2 aliphatic rings. The van der Waals surface area contributed by atoms with E-state index >= 15 is 0 Å². The molecule has 0 saturated carbocycles. The highest BCUT2D eigenvalue weighted by molar-refractivity contribution is 5.40. The van der Waals surface area contributed by atoms with Gasteiger partial charge in [0.25, 0.3) is 0 Å². The molecule has 2 heteroatoms. The largest absolute Gasteiger partial charge is 0.389 e. The third-order valence-electron chi connectivity index (χ3n) is 8.68. The summed E-state index contributed by atoms with van der Waals surface area (Å²) in [5.74, 6) is 0. The molecule has 0 heterocycles. The molecule has 0 aliphatic heterocycles. The second-order valence-electron chi connectivity index (χ2n) is 13.5. The first-order chi connectivity index (χ1) is 19.6. The zero-order chi connectivity index (χ0) is 31.5. The zero-order valence-corrected chi connectivity index (χ0v) is 28.0. The lowest BCUT2D eigenvalue weighted by Crippen LogP contribution is -2.27. The Morgan fingerprint density at radius 2 is 0.857 bits per heavy atom. The van der Waals surface area contributed by atoms with Crippen molar-refractivity contribution < 1.29 is 10.2 Å². The minimum atomic E-state index is -0.315. The summed E-state index contributed by atoms with van der Waals surface area (Å²) < 4.78 is 0. The van der Waals surface area contributed by atoms with E-state index < -0.39 is 0 Å². The number of hydrogen-bond acceptors (Lipinski definition) is 2. The average Bonchev–Trinajstić information content (AvgIpc) is 2.91.